The van der Waals surface area contributed by atoms with Crippen LogP contribution in [0.5, 0.6) is 0 Å². The van der Waals surface area contributed by atoms with Crippen LogP contribution in [0.25, 0.3) is 10.2 Å². The zero-order valence-electron chi connectivity index (χ0n) is 25.2. The second-order valence-electron chi connectivity index (χ2n) is 11.7. The monoisotopic (exact) mass is 617 g/mol. The third kappa shape index (κ3) is 9.30. The normalized spacial score (nSPS) is 13.7. The van der Waals surface area contributed by atoms with Crippen molar-refractivity contribution in [3.05, 3.63) is 59.6 Å². The van der Waals surface area contributed by atoms with E-state index < -0.39 is 28.1 Å². The van der Waals surface area contributed by atoms with E-state index in [1.54, 1.807) is 36.6 Å². The largest absolute Gasteiger partial charge is 0.390 e. The van der Waals surface area contributed by atoms with Crippen LogP contribution in [0.3, 0.4) is 0 Å². The van der Waals surface area contributed by atoms with Crippen LogP contribution in [0.4, 0.5) is 0 Å². The molecule has 0 radical (unpaired) electrons. The Kier molecular flexibility index (Phi) is 12.0. The zero-order chi connectivity index (χ0) is 31.0. The van der Waals surface area contributed by atoms with Crippen molar-refractivity contribution < 1.29 is 23.1 Å². The van der Waals surface area contributed by atoms with Gasteiger partial charge in [0.1, 0.15) is 0 Å². The first kappa shape index (κ1) is 33.6. The number of aliphatic hydroxyl groups excluding tert-OH is 1. The number of nitrogens with one attached hydrogen (secondary N) is 1. The number of nitrogens with zero attached hydrogens (tertiary/aromatic N) is 4. The van der Waals surface area contributed by atoms with Crippen LogP contribution < -0.4 is 5.43 Å². The highest BCUT2D eigenvalue weighted by atomic mass is 32.2. The summed E-state index contributed by atoms with van der Waals surface area (Å²) in [7, 11) is -0.527. The summed E-state index contributed by atoms with van der Waals surface area (Å²) in [5.74, 6) is -0.803. The molecule has 0 bridgehead atoms. The fraction of sp³-hybridized carbons (Fsp3) is 0.500. The van der Waals surface area contributed by atoms with Crippen molar-refractivity contribution in [2.24, 2.45) is 11.8 Å². The fourth-order valence-corrected chi connectivity index (χ4v) is 7.08. The van der Waals surface area contributed by atoms with Gasteiger partial charge in [0, 0.05) is 19.5 Å². The van der Waals surface area contributed by atoms with E-state index >= 15 is 0 Å². The number of aliphatic hydroxyl groups is 1. The number of aromatic nitrogens is 1. The maximum Gasteiger partial charge on any atom is 0.252 e. The van der Waals surface area contributed by atoms with Crippen LogP contribution in [0, 0.1) is 11.8 Å². The molecule has 0 saturated carbocycles. The molecule has 3 aromatic rings. The van der Waals surface area contributed by atoms with E-state index in [1.165, 1.54) is 26.7 Å². The van der Waals surface area contributed by atoms with Gasteiger partial charge in [0.05, 0.1) is 39.3 Å². The third-order valence-corrected chi connectivity index (χ3v) is 9.14. The minimum absolute atomic E-state index is 0.000237. The van der Waals surface area contributed by atoms with Crippen molar-refractivity contribution in [1.29, 1.82) is 0 Å². The second kappa shape index (κ2) is 15.0. The highest BCUT2D eigenvalue weighted by Gasteiger charge is 2.36. The van der Waals surface area contributed by atoms with Gasteiger partial charge in [-0.25, -0.2) is 18.4 Å². The molecule has 0 spiro atoms. The van der Waals surface area contributed by atoms with Crippen LogP contribution in [0.2, 0.25) is 0 Å². The highest BCUT2D eigenvalue weighted by molar-refractivity contribution is 7.89. The Morgan fingerprint density at radius 2 is 1.69 bits per heavy atom. The molecule has 0 aliphatic rings. The van der Waals surface area contributed by atoms with E-state index in [2.05, 4.69) is 10.4 Å². The van der Waals surface area contributed by atoms with E-state index in [9.17, 15) is 23.1 Å². The maximum atomic E-state index is 13.9. The standard InChI is InChI=1S/C30H43N5O5S2/c1-21(2)14-30(38)35(32-29(37)19-33(5)6)26(15-23-10-8-7-9-11-23)27(36)18-34(17-22(3)4)42(39,40)24-12-13-25-28(16-24)41-20-31-25/h7-13,16,20-22,26-27,36H,14-15,17-19H2,1-6H3,(H,32,37)/t26?,27-/m1/s1. The van der Waals surface area contributed by atoms with Gasteiger partial charge in [-0.05, 0) is 56.1 Å². The number of hydrazine groups is 1. The third-order valence-electron chi connectivity index (χ3n) is 6.52. The van der Waals surface area contributed by atoms with E-state index in [1.807, 2.05) is 58.0 Å². The van der Waals surface area contributed by atoms with Crippen molar-refractivity contribution in [1.82, 2.24) is 24.6 Å². The van der Waals surface area contributed by atoms with Crippen LogP contribution in [0.1, 0.15) is 39.7 Å². The number of carbonyl (C=O) groups excluding carboxylic acids is 2. The smallest absolute Gasteiger partial charge is 0.252 e. The maximum absolute atomic E-state index is 13.9. The Morgan fingerprint density at radius 1 is 1.00 bits per heavy atom. The summed E-state index contributed by atoms with van der Waals surface area (Å²) in [4.78, 5) is 32.5. The summed E-state index contributed by atoms with van der Waals surface area (Å²) < 4.78 is 29.9. The Labute approximate surface area is 253 Å². The molecule has 2 N–H and O–H groups in total. The summed E-state index contributed by atoms with van der Waals surface area (Å²) in [6, 6.07) is 13.2. The summed E-state index contributed by atoms with van der Waals surface area (Å²) in [6.07, 6.45) is -0.971. The lowest BCUT2D eigenvalue weighted by atomic mass is 9.99. The van der Waals surface area contributed by atoms with Gasteiger partial charge >= 0.3 is 0 Å². The molecule has 1 aromatic heterocycles. The summed E-state index contributed by atoms with van der Waals surface area (Å²) in [5.41, 5.74) is 5.94. The van der Waals surface area contributed by atoms with Gasteiger partial charge in [-0.1, -0.05) is 58.0 Å². The highest BCUT2D eigenvalue weighted by Crippen LogP contribution is 2.26. The van der Waals surface area contributed by atoms with E-state index in [0.29, 0.717) is 5.52 Å². The van der Waals surface area contributed by atoms with Gasteiger partial charge in [0.2, 0.25) is 15.9 Å². The van der Waals surface area contributed by atoms with Gasteiger partial charge in [-0.3, -0.25) is 15.0 Å². The molecule has 12 heteroatoms. The molecule has 0 aliphatic carbocycles. The summed E-state index contributed by atoms with van der Waals surface area (Å²) in [6.45, 7) is 7.53. The molecule has 1 unspecified atom stereocenters. The number of hydrogen-bond acceptors (Lipinski definition) is 8. The number of carbonyl (C=O) groups is 2. The predicted octanol–water partition coefficient (Wildman–Crippen LogP) is 3.38. The predicted molar refractivity (Wildman–Crippen MR) is 166 cm³/mol. The molecule has 42 heavy (non-hydrogen) atoms. The molecule has 0 fully saturated rings. The Hall–Kier alpha value is -2.90. The van der Waals surface area contributed by atoms with E-state index in [4.69, 9.17) is 0 Å². The second-order valence-corrected chi connectivity index (χ2v) is 14.5. The fourth-order valence-electron chi connectivity index (χ4n) is 4.64. The lowest BCUT2D eigenvalue weighted by molar-refractivity contribution is -0.148. The van der Waals surface area contributed by atoms with Crippen molar-refractivity contribution in [2.75, 3.05) is 33.7 Å². The van der Waals surface area contributed by atoms with Gasteiger partial charge in [0.15, 0.2) is 0 Å². The number of thiazole rings is 1. The van der Waals surface area contributed by atoms with E-state index in [0.717, 1.165) is 10.3 Å². The van der Waals surface area contributed by atoms with E-state index in [-0.39, 0.29) is 55.1 Å². The first-order valence-electron chi connectivity index (χ1n) is 14.1. The van der Waals surface area contributed by atoms with Crippen LogP contribution in [-0.4, -0.2) is 90.4 Å². The van der Waals surface area contributed by atoms with Crippen molar-refractivity contribution in [3.63, 3.8) is 0 Å². The Balaban J connectivity index is 2.01. The Morgan fingerprint density at radius 3 is 2.31 bits per heavy atom. The Bertz CT molecular complexity index is 1430. The molecule has 10 nitrogen and oxygen atoms in total. The minimum atomic E-state index is -4.02. The molecule has 1 heterocycles. The molecule has 2 aromatic carbocycles. The zero-order valence-corrected chi connectivity index (χ0v) is 26.9. The van der Waals surface area contributed by atoms with Gasteiger partial charge < -0.3 is 10.0 Å². The molecule has 3 rings (SSSR count). The first-order valence-corrected chi connectivity index (χ1v) is 16.4. The molecule has 0 saturated heterocycles. The summed E-state index contributed by atoms with van der Waals surface area (Å²) in [5, 5.41) is 13.0. The van der Waals surface area contributed by atoms with Crippen molar-refractivity contribution >= 4 is 43.4 Å². The number of hydrogen-bond donors (Lipinski definition) is 2. The topological polar surface area (TPSA) is 123 Å². The number of benzene rings is 2. The summed E-state index contributed by atoms with van der Waals surface area (Å²) >= 11 is 1.35. The average molecular weight is 618 g/mol. The van der Waals surface area contributed by atoms with Crippen molar-refractivity contribution in [2.45, 2.75) is 57.6 Å². The quantitative estimate of drug-likeness (QED) is 0.266. The van der Waals surface area contributed by atoms with Crippen LogP contribution in [-0.2, 0) is 26.0 Å². The van der Waals surface area contributed by atoms with Crippen molar-refractivity contribution in [3.8, 4) is 0 Å². The lowest BCUT2D eigenvalue weighted by Gasteiger charge is -2.37. The molecule has 2 amide bonds. The van der Waals surface area contributed by atoms with Gasteiger partial charge in [-0.2, -0.15) is 4.31 Å². The SMILES string of the molecule is CC(C)CC(=O)N(NC(=O)CN(C)C)C(Cc1ccccc1)[C@H](O)CN(CC(C)C)S(=O)(=O)c1ccc2ncsc2c1. The molecular formula is C30H43N5O5S2. The van der Waals surface area contributed by atoms with Gasteiger partial charge in [-0.15, -0.1) is 11.3 Å². The van der Waals surface area contributed by atoms with Gasteiger partial charge in [0.25, 0.3) is 5.91 Å². The minimum Gasteiger partial charge on any atom is -0.390 e. The number of amides is 2. The molecule has 0 aliphatic heterocycles. The lowest BCUT2D eigenvalue weighted by Crippen LogP contribution is -2.60. The van der Waals surface area contributed by atoms with Crippen LogP contribution in [0.15, 0.2) is 58.9 Å². The molecular weight excluding hydrogens is 574 g/mol. The average Bonchev–Trinajstić information content (AvgIpc) is 3.38. The first-order chi connectivity index (χ1) is 19.8. The molecule has 230 valence electrons. The molecule has 2 atom stereocenters. The number of likely N-dealkylation sites (N-methyl/N-ethyl adjacent to an activating group) is 1. The number of sulfonamides is 1. The van der Waals surface area contributed by atoms with Crippen LogP contribution >= 0.6 is 11.3 Å². The number of rotatable bonds is 14. The number of fused-ring (bicyclic) bond motifs is 1.